The van der Waals surface area contributed by atoms with E-state index in [0.717, 1.165) is 25.9 Å². The van der Waals surface area contributed by atoms with E-state index in [1.54, 1.807) is 24.3 Å². The van der Waals surface area contributed by atoms with Crippen LogP contribution in [0.15, 0.2) is 24.3 Å². The summed E-state index contributed by atoms with van der Waals surface area (Å²) in [5.41, 5.74) is 1.25. The van der Waals surface area contributed by atoms with E-state index < -0.39 is 0 Å². The summed E-state index contributed by atoms with van der Waals surface area (Å²) in [6.45, 7) is 5.08. The Kier molecular flexibility index (Phi) is 4.41. The highest BCUT2D eigenvalue weighted by atomic mass is 16.1. The van der Waals surface area contributed by atoms with Crippen LogP contribution in [0.2, 0.25) is 0 Å². The van der Waals surface area contributed by atoms with Crippen LogP contribution < -0.4 is 5.32 Å². The Balaban J connectivity index is 1.93. The topological polar surface area (TPSA) is 56.1 Å². The van der Waals surface area contributed by atoms with Gasteiger partial charge in [0, 0.05) is 12.1 Å². The number of carbonyl (C=O) groups is 1. The molecule has 1 saturated heterocycles. The monoisotopic (exact) mass is 271 g/mol. The fourth-order valence-electron chi connectivity index (χ4n) is 2.46. The van der Waals surface area contributed by atoms with E-state index in [1.807, 2.05) is 0 Å². The zero-order valence-corrected chi connectivity index (χ0v) is 12.1. The van der Waals surface area contributed by atoms with Gasteiger partial charge in [-0.1, -0.05) is 13.0 Å². The Morgan fingerprint density at radius 2 is 2.15 bits per heavy atom. The third kappa shape index (κ3) is 3.58. The predicted molar refractivity (Wildman–Crippen MR) is 78.3 cm³/mol. The molecule has 1 heterocycles. The number of carbonyl (C=O) groups excluding carboxylic acids is 1. The molecule has 0 aliphatic carbocycles. The molecule has 0 radical (unpaired) electrons. The first-order chi connectivity index (χ1) is 9.52. The molecule has 4 heteroatoms. The van der Waals surface area contributed by atoms with Crippen LogP contribution >= 0.6 is 0 Å². The molecule has 1 aromatic carbocycles. The summed E-state index contributed by atoms with van der Waals surface area (Å²) >= 11 is 0. The third-order valence-corrected chi connectivity index (χ3v) is 4.12. The van der Waals surface area contributed by atoms with Crippen molar-refractivity contribution < 1.29 is 4.79 Å². The molecule has 4 nitrogen and oxygen atoms in total. The minimum Gasteiger partial charge on any atom is -0.351 e. The first kappa shape index (κ1) is 14.5. The first-order valence-corrected chi connectivity index (χ1v) is 6.99. The third-order valence-electron chi connectivity index (χ3n) is 4.12. The van der Waals surface area contributed by atoms with Crippen molar-refractivity contribution in [2.24, 2.45) is 5.41 Å². The summed E-state index contributed by atoms with van der Waals surface area (Å²) in [6, 6.07) is 8.87. The molecule has 1 aliphatic heterocycles. The largest absolute Gasteiger partial charge is 0.351 e. The molecule has 0 saturated carbocycles. The van der Waals surface area contributed by atoms with Gasteiger partial charge in [0.15, 0.2) is 0 Å². The molecular weight excluding hydrogens is 250 g/mol. The van der Waals surface area contributed by atoms with Gasteiger partial charge in [0.1, 0.15) is 0 Å². The Hall–Kier alpha value is -1.86. The van der Waals surface area contributed by atoms with E-state index >= 15 is 0 Å². The van der Waals surface area contributed by atoms with Gasteiger partial charge in [-0.2, -0.15) is 5.26 Å². The van der Waals surface area contributed by atoms with Gasteiger partial charge in [0.25, 0.3) is 5.91 Å². The Morgan fingerprint density at radius 1 is 1.45 bits per heavy atom. The Bertz CT molecular complexity index is 525. The maximum atomic E-state index is 12.1. The zero-order chi connectivity index (χ0) is 14.6. The number of nitrogens with one attached hydrogen (secondary N) is 1. The quantitative estimate of drug-likeness (QED) is 0.915. The Morgan fingerprint density at radius 3 is 2.80 bits per heavy atom. The summed E-state index contributed by atoms with van der Waals surface area (Å²) in [6.07, 6.45) is 2.20. The molecule has 0 aromatic heterocycles. The smallest absolute Gasteiger partial charge is 0.251 e. The molecular formula is C16H21N3O. The molecule has 0 atom stereocenters. The molecule has 0 spiro atoms. The van der Waals surface area contributed by atoms with E-state index in [-0.39, 0.29) is 11.3 Å². The summed E-state index contributed by atoms with van der Waals surface area (Å²) in [5.74, 6) is -0.0951. The molecule has 1 aromatic rings. The highest BCUT2D eigenvalue weighted by molar-refractivity contribution is 5.94. The van der Waals surface area contributed by atoms with Crippen LogP contribution in [-0.2, 0) is 0 Å². The second kappa shape index (κ2) is 6.06. The number of piperidine rings is 1. The van der Waals surface area contributed by atoms with E-state index in [2.05, 4.69) is 30.3 Å². The SMILES string of the molecule is CN1CCC(C)(CNC(=O)c2cccc(C#N)c2)CC1. The number of benzene rings is 1. The van der Waals surface area contributed by atoms with Crippen molar-refractivity contribution in [3.05, 3.63) is 35.4 Å². The van der Waals surface area contributed by atoms with Crippen molar-refractivity contribution in [2.45, 2.75) is 19.8 Å². The average Bonchev–Trinajstić information content (AvgIpc) is 2.48. The van der Waals surface area contributed by atoms with Crippen LogP contribution in [0.25, 0.3) is 0 Å². The van der Waals surface area contributed by atoms with Crippen LogP contribution in [0.4, 0.5) is 0 Å². The minimum atomic E-state index is -0.0951. The lowest BCUT2D eigenvalue weighted by molar-refractivity contribution is 0.0891. The maximum Gasteiger partial charge on any atom is 0.251 e. The second-order valence-electron chi connectivity index (χ2n) is 5.99. The lowest BCUT2D eigenvalue weighted by Gasteiger charge is -2.37. The molecule has 0 unspecified atom stereocenters. The Labute approximate surface area is 120 Å². The van der Waals surface area contributed by atoms with Crippen LogP contribution in [0.3, 0.4) is 0 Å². The van der Waals surface area contributed by atoms with Crippen molar-refractivity contribution in [2.75, 3.05) is 26.7 Å². The number of rotatable bonds is 3. The van der Waals surface area contributed by atoms with Crippen LogP contribution in [0.5, 0.6) is 0 Å². The van der Waals surface area contributed by atoms with Crippen molar-refractivity contribution in [3.8, 4) is 6.07 Å². The number of hydrogen-bond donors (Lipinski definition) is 1. The van der Waals surface area contributed by atoms with Gasteiger partial charge in [-0.05, 0) is 56.6 Å². The summed E-state index contributed by atoms with van der Waals surface area (Å²) in [5, 5.41) is 11.9. The van der Waals surface area contributed by atoms with Crippen molar-refractivity contribution >= 4 is 5.91 Å². The summed E-state index contributed by atoms with van der Waals surface area (Å²) in [4.78, 5) is 14.5. The van der Waals surface area contributed by atoms with E-state index in [9.17, 15) is 4.79 Å². The normalized spacial score (nSPS) is 18.2. The number of nitriles is 1. The van der Waals surface area contributed by atoms with Crippen LogP contribution in [-0.4, -0.2) is 37.5 Å². The molecule has 1 N–H and O–H groups in total. The predicted octanol–water partition coefficient (Wildman–Crippen LogP) is 2.02. The highest BCUT2D eigenvalue weighted by Gasteiger charge is 2.29. The standard InChI is InChI=1S/C16H21N3O/c1-16(6-8-19(2)9-7-16)12-18-15(20)14-5-3-4-13(10-14)11-17/h3-5,10H,6-9,12H2,1-2H3,(H,18,20). The summed E-state index contributed by atoms with van der Waals surface area (Å²) in [7, 11) is 2.13. The van der Waals surface area contributed by atoms with Gasteiger partial charge >= 0.3 is 0 Å². The fraction of sp³-hybridized carbons (Fsp3) is 0.500. The number of amides is 1. The highest BCUT2D eigenvalue weighted by Crippen LogP contribution is 2.29. The molecule has 1 aliphatic rings. The fourth-order valence-corrected chi connectivity index (χ4v) is 2.46. The summed E-state index contributed by atoms with van der Waals surface area (Å²) < 4.78 is 0. The number of likely N-dealkylation sites (tertiary alicyclic amines) is 1. The lowest BCUT2D eigenvalue weighted by atomic mass is 9.80. The van der Waals surface area contributed by atoms with Gasteiger partial charge < -0.3 is 10.2 Å². The van der Waals surface area contributed by atoms with Gasteiger partial charge in [-0.3, -0.25) is 4.79 Å². The van der Waals surface area contributed by atoms with Crippen LogP contribution in [0.1, 0.15) is 35.7 Å². The minimum absolute atomic E-state index is 0.0951. The van der Waals surface area contributed by atoms with Crippen LogP contribution in [0, 0.1) is 16.7 Å². The van der Waals surface area contributed by atoms with Gasteiger partial charge in [-0.15, -0.1) is 0 Å². The van der Waals surface area contributed by atoms with Crippen molar-refractivity contribution in [1.82, 2.24) is 10.2 Å². The van der Waals surface area contributed by atoms with Gasteiger partial charge in [0.2, 0.25) is 0 Å². The second-order valence-corrected chi connectivity index (χ2v) is 5.99. The number of hydrogen-bond acceptors (Lipinski definition) is 3. The van der Waals surface area contributed by atoms with E-state index in [1.165, 1.54) is 0 Å². The zero-order valence-electron chi connectivity index (χ0n) is 12.1. The maximum absolute atomic E-state index is 12.1. The first-order valence-electron chi connectivity index (χ1n) is 6.99. The molecule has 106 valence electrons. The van der Waals surface area contributed by atoms with E-state index in [4.69, 9.17) is 5.26 Å². The molecule has 1 amide bonds. The van der Waals surface area contributed by atoms with Gasteiger partial charge in [-0.25, -0.2) is 0 Å². The van der Waals surface area contributed by atoms with E-state index in [0.29, 0.717) is 17.7 Å². The number of nitrogens with zero attached hydrogens (tertiary/aromatic N) is 2. The van der Waals surface area contributed by atoms with Gasteiger partial charge in [0.05, 0.1) is 11.6 Å². The molecule has 1 fully saturated rings. The lowest BCUT2D eigenvalue weighted by Crippen LogP contribution is -2.43. The van der Waals surface area contributed by atoms with Crippen molar-refractivity contribution in [3.63, 3.8) is 0 Å². The van der Waals surface area contributed by atoms with Crippen molar-refractivity contribution in [1.29, 1.82) is 5.26 Å². The average molecular weight is 271 g/mol. The molecule has 20 heavy (non-hydrogen) atoms. The molecule has 2 rings (SSSR count). The molecule has 0 bridgehead atoms.